The SMILES string of the molecule is CP(O)(=S)C1CCCCC1. The van der Waals surface area contributed by atoms with Crippen LogP contribution in [0.15, 0.2) is 0 Å². The van der Waals surface area contributed by atoms with Crippen molar-refractivity contribution < 1.29 is 4.89 Å². The van der Waals surface area contributed by atoms with Gasteiger partial charge in [0.05, 0.1) is 6.26 Å². The fraction of sp³-hybridized carbons (Fsp3) is 1.00. The fourth-order valence-electron chi connectivity index (χ4n) is 1.56. The van der Waals surface area contributed by atoms with Crippen molar-refractivity contribution >= 4 is 18.1 Å². The Morgan fingerprint density at radius 1 is 1.30 bits per heavy atom. The van der Waals surface area contributed by atoms with Crippen molar-refractivity contribution in [1.82, 2.24) is 0 Å². The number of hydrogen-bond acceptors (Lipinski definition) is 1. The molecule has 0 radical (unpaired) electrons. The minimum atomic E-state index is -1.91. The lowest BCUT2D eigenvalue weighted by Crippen LogP contribution is -2.11. The molecule has 10 heavy (non-hydrogen) atoms. The topological polar surface area (TPSA) is 20.2 Å². The van der Waals surface area contributed by atoms with Crippen LogP contribution in [0.4, 0.5) is 0 Å². The van der Waals surface area contributed by atoms with Gasteiger partial charge >= 0.3 is 0 Å². The van der Waals surface area contributed by atoms with Crippen LogP contribution in [0.3, 0.4) is 0 Å². The van der Waals surface area contributed by atoms with Crippen molar-refractivity contribution in [2.75, 3.05) is 6.66 Å². The Balaban J connectivity index is 2.47. The van der Waals surface area contributed by atoms with E-state index in [-0.39, 0.29) is 0 Å². The zero-order valence-electron chi connectivity index (χ0n) is 6.42. The second-order valence-corrected chi connectivity index (χ2v) is 8.07. The largest absolute Gasteiger partial charge is 0.365 e. The molecule has 0 bridgehead atoms. The molecule has 0 heterocycles. The van der Waals surface area contributed by atoms with Gasteiger partial charge in [-0.05, 0) is 19.5 Å². The van der Waals surface area contributed by atoms with Crippen molar-refractivity contribution in [3.8, 4) is 0 Å². The number of hydrogen-bond donors (Lipinski definition) is 1. The van der Waals surface area contributed by atoms with Gasteiger partial charge in [-0.2, -0.15) is 0 Å². The molecule has 0 aromatic heterocycles. The molecule has 0 aromatic rings. The van der Waals surface area contributed by atoms with E-state index >= 15 is 0 Å². The predicted molar refractivity (Wildman–Crippen MR) is 49.3 cm³/mol. The van der Waals surface area contributed by atoms with Crippen LogP contribution in [0.2, 0.25) is 0 Å². The highest BCUT2D eigenvalue weighted by atomic mass is 32.4. The molecule has 0 aliphatic heterocycles. The molecular formula is C7H15OPS. The van der Waals surface area contributed by atoms with Crippen LogP contribution in [-0.4, -0.2) is 17.2 Å². The minimum Gasteiger partial charge on any atom is -0.365 e. The van der Waals surface area contributed by atoms with Gasteiger partial charge < -0.3 is 4.89 Å². The van der Waals surface area contributed by atoms with E-state index in [1.54, 1.807) is 0 Å². The first-order valence-corrected chi connectivity index (χ1v) is 7.18. The Morgan fingerprint density at radius 2 is 1.80 bits per heavy atom. The zero-order valence-corrected chi connectivity index (χ0v) is 8.13. The lowest BCUT2D eigenvalue weighted by Gasteiger charge is -2.26. The summed E-state index contributed by atoms with van der Waals surface area (Å²) < 4.78 is 0. The second kappa shape index (κ2) is 3.34. The first kappa shape index (κ1) is 8.70. The summed E-state index contributed by atoms with van der Waals surface area (Å²) >= 11 is 5.07. The summed E-state index contributed by atoms with van der Waals surface area (Å²) in [5.41, 5.74) is 0.483. The predicted octanol–water partition coefficient (Wildman–Crippen LogP) is 2.34. The van der Waals surface area contributed by atoms with Gasteiger partial charge in [-0.15, -0.1) is 0 Å². The molecule has 3 heteroatoms. The summed E-state index contributed by atoms with van der Waals surface area (Å²) in [5, 5.41) is 0. The highest BCUT2D eigenvalue weighted by Crippen LogP contribution is 2.48. The monoisotopic (exact) mass is 178 g/mol. The zero-order chi connectivity index (χ0) is 7.61. The van der Waals surface area contributed by atoms with Crippen molar-refractivity contribution in [3.63, 3.8) is 0 Å². The van der Waals surface area contributed by atoms with Crippen LogP contribution >= 0.6 is 6.26 Å². The third-order valence-corrected chi connectivity index (χ3v) is 5.02. The summed E-state index contributed by atoms with van der Waals surface area (Å²) in [6, 6.07) is 0. The maximum Gasteiger partial charge on any atom is 0.0636 e. The quantitative estimate of drug-likeness (QED) is 0.622. The lowest BCUT2D eigenvalue weighted by molar-refractivity contribution is 0.485. The molecule has 0 aromatic carbocycles. The molecule has 1 aliphatic carbocycles. The van der Waals surface area contributed by atoms with Crippen LogP contribution in [-0.2, 0) is 11.8 Å². The average Bonchev–Trinajstić information content (AvgIpc) is 1.88. The van der Waals surface area contributed by atoms with E-state index in [1.165, 1.54) is 32.1 Å². The maximum absolute atomic E-state index is 9.57. The molecule has 1 atom stereocenters. The third kappa shape index (κ3) is 2.34. The Kier molecular flexibility index (Phi) is 2.91. The van der Waals surface area contributed by atoms with E-state index in [1.807, 2.05) is 6.66 Å². The summed E-state index contributed by atoms with van der Waals surface area (Å²) in [6.45, 7) is 1.86. The summed E-state index contributed by atoms with van der Waals surface area (Å²) in [4.78, 5) is 9.57. The average molecular weight is 178 g/mol. The Hall–Kier alpha value is 0.610. The van der Waals surface area contributed by atoms with Crippen molar-refractivity contribution in [2.24, 2.45) is 0 Å². The molecule has 60 valence electrons. The molecule has 0 amide bonds. The van der Waals surface area contributed by atoms with Crippen LogP contribution in [0.5, 0.6) is 0 Å². The smallest absolute Gasteiger partial charge is 0.0636 e. The minimum absolute atomic E-state index is 0.483. The normalized spacial score (nSPS) is 27.8. The first-order chi connectivity index (χ1) is 4.61. The fourth-order valence-corrected chi connectivity index (χ4v) is 3.52. The van der Waals surface area contributed by atoms with Gasteiger partial charge in [0.15, 0.2) is 0 Å². The Bertz CT molecular complexity index is 146. The van der Waals surface area contributed by atoms with E-state index in [0.29, 0.717) is 5.66 Å². The van der Waals surface area contributed by atoms with E-state index in [9.17, 15) is 4.89 Å². The molecule has 1 aliphatic rings. The summed E-state index contributed by atoms with van der Waals surface area (Å²) in [6.07, 6.45) is 4.32. The van der Waals surface area contributed by atoms with Gasteiger partial charge in [-0.1, -0.05) is 31.1 Å². The number of rotatable bonds is 1. The summed E-state index contributed by atoms with van der Waals surface area (Å²) in [5.74, 6) is 0. The standard InChI is InChI=1S/C7H15OPS/c1-9(8,10)7-5-3-2-4-6-7/h7H,2-6H2,1H3,(H,8,10). The third-order valence-electron chi connectivity index (χ3n) is 2.25. The molecule has 1 rings (SSSR count). The van der Waals surface area contributed by atoms with Gasteiger partial charge in [0.1, 0.15) is 0 Å². The van der Waals surface area contributed by atoms with Gasteiger partial charge in [0, 0.05) is 5.66 Å². The Labute approximate surface area is 67.9 Å². The van der Waals surface area contributed by atoms with E-state index < -0.39 is 6.26 Å². The highest BCUT2D eigenvalue weighted by molar-refractivity contribution is 8.11. The lowest BCUT2D eigenvalue weighted by atomic mass is 10.0. The van der Waals surface area contributed by atoms with Gasteiger partial charge in [0.25, 0.3) is 0 Å². The van der Waals surface area contributed by atoms with Crippen LogP contribution < -0.4 is 0 Å². The van der Waals surface area contributed by atoms with E-state index in [2.05, 4.69) is 0 Å². The van der Waals surface area contributed by atoms with Crippen molar-refractivity contribution in [2.45, 2.75) is 37.8 Å². The molecular weight excluding hydrogens is 163 g/mol. The molecule has 1 N–H and O–H groups in total. The molecule has 1 nitrogen and oxygen atoms in total. The first-order valence-electron chi connectivity index (χ1n) is 3.90. The highest BCUT2D eigenvalue weighted by Gasteiger charge is 2.22. The molecule has 0 spiro atoms. The van der Waals surface area contributed by atoms with Gasteiger partial charge in [0.2, 0.25) is 0 Å². The summed E-state index contributed by atoms with van der Waals surface area (Å²) in [7, 11) is 0. The molecule has 1 saturated carbocycles. The molecule has 0 saturated heterocycles. The van der Waals surface area contributed by atoms with Crippen molar-refractivity contribution in [3.05, 3.63) is 0 Å². The van der Waals surface area contributed by atoms with Crippen LogP contribution in [0, 0.1) is 0 Å². The van der Waals surface area contributed by atoms with Gasteiger partial charge in [-0.25, -0.2) is 0 Å². The Morgan fingerprint density at radius 3 is 2.10 bits per heavy atom. The van der Waals surface area contributed by atoms with Crippen LogP contribution in [0.1, 0.15) is 32.1 Å². The van der Waals surface area contributed by atoms with E-state index in [0.717, 1.165) is 0 Å². The molecule has 1 unspecified atom stereocenters. The van der Waals surface area contributed by atoms with Crippen molar-refractivity contribution in [1.29, 1.82) is 0 Å². The second-order valence-electron chi connectivity index (χ2n) is 3.24. The van der Waals surface area contributed by atoms with Crippen LogP contribution in [0.25, 0.3) is 0 Å². The molecule has 1 fully saturated rings. The van der Waals surface area contributed by atoms with E-state index in [4.69, 9.17) is 11.8 Å². The maximum atomic E-state index is 9.57. The van der Waals surface area contributed by atoms with Gasteiger partial charge in [-0.3, -0.25) is 0 Å².